The minimum Gasteiger partial charge on any atom is -0.477 e. The molecule has 144 valence electrons. The van der Waals surface area contributed by atoms with Gasteiger partial charge in [-0.2, -0.15) is 0 Å². The van der Waals surface area contributed by atoms with Gasteiger partial charge in [-0.3, -0.25) is 4.79 Å². The van der Waals surface area contributed by atoms with Gasteiger partial charge in [0.15, 0.2) is 0 Å². The first-order valence-corrected chi connectivity index (χ1v) is 10.5. The standard InChI is InChI=1S/C16H24N4O5S/c1-24-14-15(18-7-6-17-14)25-13-5-8-19(11-13)16(21)12-3-9-20(10-4-12)26(2,22)23/h6-7,12-13H,3-5,8-11H2,1-2H3/t13-/m0/s1. The van der Waals surface area contributed by atoms with Crippen LogP contribution in [0.1, 0.15) is 19.3 Å². The van der Waals surface area contributed by atoms with Crippen molar-refractivity contribution < 1.29 is 22.7 Å². The van der Waals surface area contributed by atoms with Crippen molar-refractivity contribution in [3.63, 3.8) is 0 Å². The van der Waals surface area contributed by atoms with E-state index in [-0.39, 0.29) is 17.9 Å². The van der Waals surface area contributed by atoms with E-state index in [1.54, 1.807) is 4.90 Å². The molecule has 1 aromatic rings. The van der Waals surface area contributed by atoms with E-state index < -0.39 is 10.0 Å². The summed E-state index contributed by atoms with van der Waals surface area (Å²) < 4.78 is 35.6. The quantitative estimate of drug-likeness (QED) is 0.711. The molecule has 0 spiro atoms. The summed E-state index contributed by atoms with van der Waals surface area (Å²) in [6.45, 7) is 1.92. The second kappa shape index (κ2) is 7.75. The fraction of sp³-hybridized carbons (Fsp3) is 0.688. The van der Waals surface area contributed by atoms with Crippen molar-refractivity contribution >= 4 is 15.9 Å². The highest BCUT2D eigenvalue weighted by molar-refractivity contribution is 7.88. The molecular weight excluding hydrogens is 360 g/mol. The molecule has 3 heterocycles. The molecular formula is C16H24N4O5S. The van der Waals surface area contributed by atoms with Gasteiger partial charge in [-0.25, -0.2) is 22.7 Å². The van der Waals surface area contributed by atoms with Crippen LogP contribution in [-0.2, 0) is 14.8 Å². The Balaban J connectivity index is 1.53. The first kappa shape index (κ1) is 18.8. The van der Waals surface area contributed by atoms with Gasteiger partial charge < -0.3 is 14.4 Å². The number of hydrogen-bond acceptors (Lipinski definition) is 7. The zero-order chi connectivity index (χ0) is 18.7. The van der Waals surface area contributed by atoms with Crippen LogP contribution in [0.5, 0.6) is 11.8 Å². The average molecular weight is 384 g/mol. The Labute approximate surface area is 153 Å². The van der Waals surface area contributed by atoms with Crippen molar-refractivity contribution in [2.75, 3.05) is 39.5 Å². The molecule has 0 N–H and O–H groups in total. The van der Waals surface area contributed by atoms with E-state index in [0.717, 1.165) is 0 Å². The molecule has 0 unspecified atom stereocenters. The van der Waals surface area contributed by atoms with Gasteiger partial charge in [0.2, 0.25) is 15.9 Å². The Bertz CT molecular complexity index is 749. The van der Waals surface area contributed by atoms with E-state index in [9.17, 15) is 13.2 Å². The molecule has 1 atom stereocenters. The van der Waals surface area contributed by atoms with Crippen molar-refractivity contribution in [2.45, 2.75) is 25.4 Å². The van der Waals surface area contributed by atoms with Crippen molar-refractivity contribution in [3.8, 4) is 11.8 Å². The lowest BCUT2D eigenvalue weighted by Crippen LogP contribution is -2.43. The third-order valence-electron chi connectivity index (χ3n) is 4.83. The van der Waals surface area contributed by atoms with Crippen LogP contribution in [0, 0.1) is 5.92 Å². The molecule has 3 rings (SSSR count). The van der Waals surface area contributed by atoms with Crippen LogP contribution in [0.15, 0.2) is 12.4 Å². The normalized spacial score (nSPS) is 22.4. The summed E-state index contributed by atoms with van der Waals surface area (Å²) in [4.78, 5) is 22.7. The molecule has 2 aliphatic rings. The molecule has 0 saturated carbocycles. The highest BCUT2D eigenvalue weighted by atomic mass is 32.2. The van der Waals surface area contributed by atoms with E-state index >= 15 is 0 Å². The van der Waals surface area contributed by atoms with Gasteiger partial charge in [-0.05, 0) is 12.8 Å². The fourth-order valence-electron chi connectivity index (χ4n) is 3.41. The number of carbonyl (C=O) groups excluding carboxylic acids is 1. The number of carbonyl (C=O) groups is 1. The van der Waals surface area contributed by atoms with Crippen LogP contribution in [0.2, 0.25) is 0 Å². The van der Waals surface area contributed by atoms with E-state index in [4.69, 9.17) is 9.47 Å². The highest BCUT2D eigenvalue weighted by Crippen LogP contribution is 2.26. The third-order valence-corrected chi connectivity index (χ3v) is 6.14. The number of rotatable bonds is 5. The predicted octanol–water partition coefficient (Wildman–Crippen LogP) is 0.137. The fourth-order valence-corrected chi connectivity index (χ4v) is 4.28. The summed E-state index contributed by atoms with van der Waals surface area (Å²) in [5.74, 6) is 0.606. The monoisotopic (exact) mass is 384 g/mol. The summed E-state index contributed by atoms with van der Waals surface area (Å²) in [6.07, 6.45) is 5.95. The number of sulfonamides is 1. The first-order valence-electron chi connectivity index (χ1n) is 8.64. The third kappa shape index (κ3) is 4.24. The van der Waals surface area contributed by atoms with Gasteiger partial charge in [0.1, 0.15) is 6.10 Å². The summed E-state index contributed by atoms with van der Waals surface area (Å²) in [7, 11) is -1.68. The highest BCUT2D eigenvalue weighted by Gasteiger charge is 2.35. The van der Waals surface area contributed by atoms with Gasteiger partial charge in [0.25, 0.3) is 11.8 Å². The molecule has 0 aliphatic carbocycles. The lowest BCUT2D eigenvalue weighted by molar-refractivity contribution is -0.135. The second-order valence-corrected chi connectivity index (χ2v) is 8.60. The molecule has 1 amide bonds. The Kier molecular flexibility index (Phi) is 5.61. The Morgan fingerprint density at radius 1 is 1.12 bits per heavy atom. The predicted molar refractivity (Wildman–Crippen MR) is 93.3 cm³/mol. The van der Waals surface area contributed by atoms with Crippen LogP contribution < -0.4 is 9.47 Å². The summed E-state index contributed by atoms with van der Waals surface area (Å²) in [5, 5.41) is 0. The van der Waals surface area contributed by atoms with Crippen LogP contribution in [0.4, 0.5) is 0 Å². The largest absolute Gasteiger partial charge is 0.477 e. The number of ether oxygens (including phenoxy) is 2. The number of nitrogens with zero attached hydrogens (tertiary/aromatic N) is 4. The lowest BCUT2D eigenvalue weighted by Gasteiger charge is -2.31. The minimum absolute atomic E-state index is 0.0790. The van der Waals surface area contributed by atoms with Gasteiger partial charge >= 0.3 is 0 Å². The number of piperidine rings is 1. The van der Waals surface area contributed by atoms with Crippen molar-refractivity contribution in [1.82, 2.24) is 19.2 Å². The minimum atomic E-state index is -3.18. The maximum absolute atomic E-state index is 12.7. The van der Waals surface area contributed by atoms with Crippen molar-refractivity contribution in [3.05, 3.63) is 12.4 Å². The molecule has 1 aromatic heterocycles. The molecule has 2 aliphatic heterocycles. The Hall–Kier alpha value is -1.94. The molecule has 10 heteroatoms. The van der Waals surface area contributed by atoms with Crippen molar-refractivity contribution in [2.24, 2.45) is 5.92 Å². The molecule has 9 nitrogen and oxygen atoms in total. The van der Waals surface area contributed by atoms with Crippen LogP contribution in [0.25, 0.3) is 0 Å². The molecule has 2 saturated heterocycles. The van der Waals surface area contributed by atoms with Gasteiger partial charge in [0, 0.05) is 44.4 Å². The van der Waals surface area contributed by atoms with Gasteiger partial charge in [0.05, 0.1) is 19.9 Å². The number of aromatic nitrogens is 2. The van der Waals surface area contributed by atoms with Crippen LogP contribution >= 0.6 is 0 Å². The molecule has 0 aromatic carbocycles. The van der Waals surface area contributed by atoms with Crippen LogP contribution in [-0.4, -0.2) is 79.1 Å². The van der Waals surface area contributed by atoms with Crippen LogP contribution in [0.3, 0.4) is 0 Å². The Morgan fingerprint density at radius 3 is 2.38 bits per heavy atom. The molecule has 2 fully saturated rings. The average Bonchev–Trinajstić information content (AvgIpc) is 3.09. The smallest absolute Gasteiger partial charge is 0.278 e. The zero-order valence-corrected chi connectivity index (χ0v) is 15.8. The molecule has 26 heavy (non-hydrogen) atoms. The van der Waals surface area contributed by atoms with E-state index in [0.29, 0.717) is 57.2 Å². The van der Waals surface area contributed by atoms with Gasteiger partial charge in [-0.15, -0.1) is 0 Å². The second-order valence-electron chi connectivity index (χ2n) is 6.62. The molecule has 0 radical (unpaired) electrons. The van der Waals surface area contributed by atoms with Gasteiger partial charge in [-0.1, -0.05) is 0 Å². The number of amides is 1. The SMILES string of the molecule is COc1nccnc1O[C@H]1CCN(C(=O)C2CCN(S(C)(=O)=O)CC2)C1. The van der Waals surface area contributed by atoms with E-state index in [1.165, 1.54) is 30.1 Å². The number of methoxy groups -OCH3 is 1. The molecule has 0 bridgehead atoms. The summed E-state index contributed by atoms with van der Waals surface area (Å²) in [5.41, 5.74) is 0. The number of hydrogen-bond donors (Lipinski definition) is 0. The van der Waals surface area contributed by atoms with E-state index in [2.05, 4.69) is 9.97 Å². The Morgan fingerprint density at radius 2 is 1.77 bits per heavy atom. The first-order chi connectivity index (χ1) is 12.4. The lowest BCUT2D eigenvalue weighted by atomic mass is 9.97. The summed E-state index contributed by atoms with van der Waals surface area (Å²) >= 11 is 0. The maximum atomic E-state index is 12.7. The summed E-state index contributed by atoms with van der Waals surface area (Å²) in [6, 6.07) is 0. The number of likely N-dealkylation sites (tertiary alicyclic amines) is 1. The topological polar surface area (TPSA) is 102 Å². The van der Waals surface area contributed by atoms with E-state index in [1.807, 2.05) is 0 Å². The maximum Gasteiger partial charge on any atom is 0.278 e. The zero-order valence-electron chi connectivity index (χ0n) is 15.0. The van der Waals surface area contributed by atoms with Crippen molar-refractivity contribution in [1.29, 1.82) is 0 Å².